The largest absolute Gasteiger partial charge is 0.336 e. The average Bonchev–Trinajstić information content (AvgIpc) is 3.20. The summed E-state index contributed by atoms with van der Waals surface area (Å²) in [6.07, 6.45) is 9.34. The van der Waals surface area contributed by atoms with Crippen LogP contribution < -0.4 is 0 Å². The minimum Gasteiger partial charge on any atom is -0.336 e. The highest BCUT2D eigenvalue weighted by atomic mass is 16.2. The molecule has 2 aliphatic heterocycles. The molecular formula is C16H26N4O. The second kappa shape index (κ2) is 6.60. The fourth-order valence-corrected chi connectivity index (χ4v) is 3.79. The van der Waals surface area contributed by atoms with Gasteiger partial charge in [0.25, 0.3) is 0 Å². The van der Waals surface area contributed by atoms with E-state index in [1.54, 1.807) is 6.20 Å². The Morgan fingerprint density at radius 2 is 2.14 bits per heavy atom. The van der Waals surface area contributed by atoms with E-state index in [0.29, 0.717) is 11.9 Å². The number of hydrogen-bond donors (Lipinski definition) is 0. The van der Waals surface area contributed by atoms with Gasteiger partial charge in [-0.1, -0.05) is 6.92 Å². The van der Waals surface area contributed by atoms with Crippen LogP contribution in [0.25, 0.3) is 0 Å². The van der Waals surface area contributed by atoms with Gasteiger partial charge in [-0.15, -0.1) is 0 Å². The molecule has 2 atom stereocenters. The van der Waals surface area contributed by atoms with Crippen LogP contribution in [-0.2, 0) is 11.3 Å². The Hall–Kier alpha value is -1.36. The van der Waals surface area contributed by atoms with E-state index < -0.39 is 0 Å². The van der Waals surface area contributed by atoms with E-state index in [1.165, 1.54) is 0 Å². The van der Waals surface area contributed by atoms with Crippen LogP contribution >= 0.6 is 0 Å². The van der Waals surface area contributed by atoms with Crippen LogP contribution in [0.2, 0.25) is 0 Å². The van der Waals surface area contributed by atoms with Gasteiger partial charge in [-0.2, -0.15) is 5.10 Å². The van der Waals surface area contributed by atoms with Crippen molar-refractivity contribution in [1.82, 2.24) is 19.6 Å². The minimum absolute atomic E-state index is 0.128. The van der Waals surface area contributed by atoms with Gasteiger partial charge in [0.2, 0.25) is 5.91 Å². The van der Waals surface area contributed by atoms with Crippen molar-refractivity contribution in [2.45, 2.75) is 57.7 Å². The first kappa shape index (κ1) is 14.6. The first-order valence-corrected chi connectivity index (χ1v) is 8.31. The zero-order valence-electron chi connectivity index (χ0n) is 12.9. The van der Waals surface area contributed by atoms with Crippen molar-refractivity contribution in [2.75, 3.05) is 19.6 Å². The standard InChI is InChI=1S/C16H26N4O/c1-2-9-18-10-4-7-15(18)16(21)20-12-3-6-14(20)13-19-11-5-8-17-19/h5,8,11,14-15H,2-4,6-7,9-10,12-13H2,1H3/t14-,15-/m0/s1. The Kier molecular flexibility index (Phi) is 4.58. The third-order valence-corrected chi connectivity index (χ3v) is 4.78. The molecule has 2 aliphatic rings. The molecule has 0 N–H and O–H groups in total. The van der Waals surface area contributed by atoms with Crippen LogP contribution in [0, 0.1) is 0 Å². The Bertz CT molecular complexity index is 459. The van der Waals surface area contributed by atoms with Crippen molar-refractivity contribution in [3.05, 3.63) is 18.5 Å². The number of nitrogens with zero attached hydrogens (tertiary/aromatic N) is 4. The molecule has 5 heteroatoms. The molecule has 1 amide bonds. The van der Waals surface area contributed by atoms with E-state index in [4.69, 9.17) is 0 Å². The first-order chi connectivity index (χ1) is 10.3. The first-order valence-electron chi connectivity index (χ1n) is 8.31. The van der Waals surface area contributed by atoms with Crippen molar-refractivity contribution in [1.29, 1.82) is 0 Å². The lowest BCUT2D eigenvalue weighted by molar-refractivity contribution is -0.137. The van der Waals surface area contributed by atoms with E-state index >= 15 is 0 Å². The third kappa shape index (κ3) is 3.12. The number of rotatable bonds is 5. The molecule has 0 saturated carbocycles. The minimum atomic E-state index is 0.128. The van der Waals surface area contributed by atoms with E-state index in [9.17, 15) is 4.79 Å². The summed E-state index contributed by atoms with van der Waals surface area (Å²) in [5.74, 6) is 0.357. The quantitative estimate of drug-likeness (QED) is 0.829. The molecule has 0 unspecified atom stereocenters. The van der Waals surface area contributed by atoms with Crippen molar-refractivity contribution in [3.8, 4) is 0 Å². The van der Waals surface area contributed by atoms with Gasteiger partial charge in [0.15, 0.2) is 0 Å². The summed E-state index contributed by atoms with van der Waals surface area (Å²) in [6.45, 7) is 6.08. The van der Waals surface area contributed by atoms with Gasteiger partial charge in [-0.25, -0.2) is 0 Å². The second-order valence-corrected chi connectivity index (χ2v) is 6.25. The summed E-state index contributed by atoms with van der Waals surface area (Å²) < 4.78 is 1.95. The summed E-state index contributed by atoms with van der Waals surface area (Å²) in [7, 11) is 0. The van der Waals surface area contributed by atoms with Crippen molar-refractivity contribution in [2.24, 2.45) is 0 Å². The summed E-state index contributed by atoms with van der Waals surface area (Å²) in [5.41, 5.74) is 0. The molecule has 0 bridgehead atoms. The lowest BCUT2D eigenvalue weighted by Crippen LogP contribution is -2.48. The third-order valence-electron chi connectivity index (χ3n) is 4.78. The zero-order chi connectivity index (χ0) is 14.7. The summed E-state index contributed by atoms with van der Waals surface area (Å²) in [6, 6.07) is 2.39. The molecular weight excluding hydrogens is 264 g/mol. The van der Waals surface area contributed by atoms with Crippen molar-refractivity contribution >= 4 is 5.91 Å². The molecule has 116 valence electrons. The SMILES string of the molecule is CCCN1CCC[C@H]1C(=O)N1CCC[C@H]1Cn1cccn1. The normalized spacial score (nSPS) is 26.6. The fraction of sp³-hybridized carbons (Fsp3) is 0.750. The van der Waals surface area contributed by atoms with Crippen LogP contribution in [-0.4, -0.2) is 57.2 Å². The maximum absolute atomic E-state index is 12.9. The number of hydrogen-bond acceptors (Lipinski definition) is 3. The number of amides is 1. The van der Waals surface area contributed by atoms with Crippen LogP contribution in [0.3, 0.4) is 0 Å². The molecule has 2 fully saturated rings. The summed E-state index contributed by atoms with van der Waals surface area (Å²) in [5, 5.41) is 4.28. The zero-order valence-corrected chi connectivity index (χ0v) is 12.9. The number of carbonyl (C=O) groups excluding carboxylic acids is 1. The van der Waals surface area contributed by atoms with Crippen LogP contribution in [0.5, 0.6) is 0 Å². The predicted octanol–water partition coefficient (Wildman–Crippen LogP) is 1.75. The number of carbonyl (C=O) groups is 1. The Labute approximate surface area is 126 Å². The number of aromatic nitrogens is 2. The molecule has 5 nitrogen and oxygen atoms in total. The van der Waals surface area contributed by atoms with Gasteiger partial charge in [-0.3, -0.25) is 14.4 Å². The molecule has 3 heterocycles. The molecule has 2 saturated heterocycles. The van der Waals surface area contributed by atoms with Crippen LogP contribution in [0.15, 0.2) is 18.5 Å². The van der Waals surface area contributed by atoms with E-state index in [0.717, 1.165) is 58.3 Å². The molecule has 0 aliphatic carbocycles. The van der Waals surface area contributed by atoms with E-state index in [1.807, 2.05) is 16.9 Å². The molecule has 21 heavy (non-hydrogen) atoms. The smallest absolute Gasteiger partial charge is 0.240 e. The lowest BCUT2D eigenvalue weighted by atomic mass is 10.1. The fourth-order valence-electron chi connectivity index (χ4n) is 3.79. The highest BCUT2D eigenvalue weighted by Gasteiger charge is 2.37. The van der Waals surface area contributed by atoms with Crippen molar-refractivity contribution < 1.29 is 4.79 Å². The highest BCUT2D eigenvalue weighted by Crippen LogP contribution is 2.25. The maximum atomic E-state index is 12.9. The predicted molar refractivity (Wildman–Crippen MR) is 81.8 cm³/mol. The van der Waals surface area contributed by atoms with Gasteiger partial charge >= 0.3 is 0 Å². The highest BCUT2D eigenvalue weighted by molar-refractivity contribution is 5.82. The van der Waals surface area contributed by atoms with Gasteiger partial charge in [0.1, 0.15) is 0 Å². The molecule has 0 spiro atoms. The van der Waals surface area contributed by atoms with Crippen molar-refractivity contribution in [3.63, 3.8) is 0 Å². The molecule has 0 radical (unpaired) electrons. The summed E-state index contributed by atoms with van der Waals surface area (Å²) >= 11 is 0. The Balaban J connectivity index is 1.65. The van der Waals surface area contributed by atoms with Gasteiger partial charge in [-0.05, 0) is 51.3 Å². The van der Waals surface area contributed by atoms with E-state index in [2.05, 4.69) is 21.8 Å². The molecule has 1 aromatic rings. The summed E-state index contributed by atoms with van der Waals surface area (Å²) in [4.78, 5) is 17.4. The lowest BCUT2D eigenvalue weighted by Gasteiger charge is -2.31. The van der Waals surface area contributed by atoms with Crippen LogP contribution in [0.1, 0.15) is 39.0 Å². The Morgan fingerprint density at radius 3 is 2.90 bits per heavy atom. The van der Waals surface area contributed by atoms with Gasteiger partial charge in [0.05, 0.1) is 18.6 Å². The molecule has 0 aromatic carbocycles. The van der Waals surface area contributed by atoms with Gasteiger partial charge < -0.3 is 4.90 Å². The molecule has 1 aromatic heterocycles. The number of likely N-dealkylation sites (tertiary alicyclic amines) is 2. The Morgan fingerprint density at radius 1 is 1.29 bits per heavy atom. The topological polar surface area (TPSA) is 41.4 Å². The monoisotopic (exact) mass is 290 g/mol. The van der Waals surface area contributed by atoms with E-state index in [-0.39, 0.29) is 6.04 Å². The maximum Gasteiger partial charge on any atom is 0.240 e. The van der Waals surface area contributed by atoms with Gasteiger partial charge in [0, 0.05) is 18.9 Å². The average molecular weight is 290 g/mol. The second-order valence-electron chi connectivity index (χ2n) is 6.25. The molecule has 3 rings (SSSR count). The van der Waals surface area contributed by atoms with Crippen LogP contribution in [0.4, 0.5) is 0 Å².